The molecule has 1 aliphatic rings. The minimum Gasteiger partial charge on any atom is -0.463 e. The minimum atomic E-state index is -1.37. The third-order valence-electron chi connectivity index (χ3n) is 6.15. The van der Waals surface area contributed by atoms with Crippen molar-refractivity contribution in [2.24, 2.45) is 0 Å². The molecular formula is C28H47NO10. The molecular weight excluding hydrogens is 510 g/mol. The zero-order valence-corrected chi connectivity index (χ0v) is 24.2. The standard InChI is InChI=1S/C28H47NO10/c1-6-10-14-21(31)35-18-20-26(37-22(32)15-11-7-2)27(38-23(33)16-12-8-3)25(29-19(5)30)28(36-20)39-24(34)17-13-9-4/h20,25-28H,6-18H2,1-5H3,(H,29,30)/t20-,25-,26-,27-,28-/m1/s1. The first-order valence-electron chi connectivity index (χ1n) is 14.3. The molecule has 1 fully saturated rings. The van der Waals surface area contributed by atoms with Crippen LogP contribution in [0.15, 0.2) is 0 Å². The Morgan fingerprint density at radius 3 is 1.54 bits per heavy atom. The fraction of sp³-hybridized carbons (Fsp3) is 0.821. The first kappa shape index (κ1) is 34.3. The molecule has 224 valence electrons. The van der Waals surface area contributed by atoms with Crippen molar-refractivity contribution in [2.45, 2.75) is 142 Å². The first-order chi connectivity index (χ1) is 18.7. The van der Waals surface area contributed by atoms with E-state index in [1.54, 1.807) is 0 Å². The van der Waals surface area contributed by atoms with Crippen molar-refractivity contribution in [2.75, 3.05) is 6.61 Å². The lowest BCUT2D eigenvalue weighted by molar-refractivity contribution is -0.272. The predicted molar refractivity (Wildman–Crippen MR) is 141 cm³/mol. The fourth-order valence-electron chi connectivity index (χ4n) is 3.95. The van der Waals surface area contributed by atoms with Gasteiger partial charge in [0, 0.05) is 32.6 Å². The summed E-state index contributed by atoms with van der Waals surface area (Å²) in [6, 6.07) is -1.16. The summed E-state index contributed by atoms with van der Waals surface area (Å²) < 4.78 is 28.5. The molecule has 1 N–H and O–H groups in total. The van der Waals surface area contributed by atoms with Gasteiger partial charge in [-0.25, -0.2) is 0 Å². The summed E-state index contributed by atoms with van der Waals surface area (Å²) in [6.07, 6.45) is 1.04. The molecule has 0 saturated carbocycles. The molecule has 11 heteroatoms. The van der Waals surface area contributed by atoms with E-state index in [9.17, 15) is 24.0 Å². The van der Waals surface area contributed by atoms with Crippen LogP contribution in [0.2, 0.25) is 0 Å². The Morgan fingerprint density at radius 2 is 1.08 bits per heavy atom. The van der Waals surface area contributed by atoms with E-state index in [-0.39, 0.29) is 32.3 Å². The van der Waals surface area contributed by atoms with Crippen molar-refractivity contribution >= 4 is 29.8 Å². The highest BCUT2D eigenvalue weighted by atomic mass is 16.7. The number of unbranched alkanes of at least 4 members (excludes halogenated alkanes) is 4. The summed E-state index contributed by atoms with van der Waals surface area (Å²) in [5.74, 6) is -2.64. The average Bonchev–Trinajstić information content (AvgIpc) is 2.90. The molecule has 1 rings (SSSR count). The van der Waals surface area contributed by atoms with E-state index in [0.717, 1.165) is 25.7 Å². The highest BCUT2D eigenvalue weighted by molar-refractivity contribution is 5.74. The largest absolute Gasteiger partial charge is 0.463 e. The number of hydrogen-bond donors (Lipinski definition) is 1. The van der Waals surface area contributed by atoms with Gasteiger partial charge in [-0.15, -0.1) is 0 Å². The highest BCUT2D eigenvalue weighted by Crippen LogP contribution is 2.29. The van der Waals surface area contributed by atoms with Gasteiger partial charge in [0.25, 0.3) is 0 Å². The SMILES string of the molecule is CCCCC(=O)OC[C@H]1O[C@H](OC(=O)CCCC)[C@H](NC(C)=O)[C@@H](OC(=O)CCCC)[C@@H]1OC(=O)CCCC. The van der Waals surface area contributed by atoms with Crippen molar-refractivity contribution in [1.29, 1.82) is 0 Å². The monoisotopic (exact) mass is 557 g/mol. The summed E-state index contributed by atoms with van der Waals surface area (Å²) in [5, 5.41) is 2.65. The van der Waals surface area contributed by atoms with Crippen LogP contribution in [0.3, 0.4) is 0 Å². The number of hydrogen-bond acceptors (Lipinski definition) is 10. The molecule has 1 aliphatic heterocycles. The second kappa shape index (κ2) is 19.4. The van der Waals surface area contributed by atoms with E-state index >= 15 is 0 Å². The molecule has 1 saturated heterocycles. The molecule has 0 aromatic heterocycles. The van der Waals surface area contributed by atoms with Crippen LogP contribution in [0.25, 0.3) is 0 Å². The lowest BCUT2D eigenvalue weighted by Gasteiger charge is -2.44. The van der Waals surface area contributed by atoms with Crippen LogP contribution in [-0.2, 0) is 47.7 Å². The molecule has 1 amide bonds. The smallest absolute Gasteiger partial charge is 0.308 e. The molecule has 39 heavy (non-hydrogen) atoms. The molecule has 5 atom stereocenters. The van der Waals surface area contributed by atoms with Crippen LogP contribution in [0, 0.1) is 0 Å². The van der Waals surface area contributed by atoms with E-state index in [4.69, 9.17) is 23.7 Å². The Morgan fingerprint density at radius 1 is 0.641 bits per heavy atom. The van der Waals surface area contributed by atoms with E-state index in [0.29, 0.717) is 25.7 Å². The number of esters is 4. The second-order valence-electron chi connectivity index (χ2n) is 9.77. The van der Waals surface area contributed by atoms with Gasteiger partial charge in [0.2, 0.25) is 12.2 Å². The fourth-order valence-corrected chi connectivity index (χ4v) is 3.95. The van der Waals surface area contributed by atoms with Gasteiger partial charge in [-0.2, -0.15) is 0 Å². The summed E-state index contributed by atoms with van der Waals surface area (Å²) in [7, 11) is 0. The lowest BCUT2D eigenvalue weighted by Crippen LogP contribution is -2.67. The Balaban J connectivity index is 3.39. The summed E-state index contributed by atoms with van der Waals surface area (Å²) in [6.45, 7) is 8.66. The second-order valence-corrected chi connectivity index (χ2v) is 9.77. The molecule has 0 spiro atoms. The maximum absolute atomic E-state index is 12.8. The Kier molecular flexibility index (Phi) is 17.1. The van der Waals surface area contributed by atoms with Crippen molar-refractivity contribution in [1.82, 2.24) is 5.32 Å². The zero-order valence-electron chi connectivity index (χ0n) is 24.2. The maximum atomic E-state index is 12.8. The van der Waals surface area contributed by atoms with E-state index in [1.165, 1.54) is 6.92 Å². The van der Waals surface area contributed by atoms with Gasteiger partial charge < -0.3 is 29.0 Å². The summed E-state index contributed by atoms with van der Waals surface area (Å²) >= 11 is 0. The van der Waals surface area contributed by atoms with Gasteiger partial charge in [-0.05, 0) is 25.7 Å². The van der Waals surface area contributed by atoms with Crippen molar-refractivity contribution in [3.05, 3.63) is 0 Å². The van der Waals surface area contributed by atoms with Crippen molar-refractivity contribution in [3.8, 4) is 0 Å². The minimum absolute atomic E-state index is 0.106. The normalized spacial score (nSPS) is 22.4. The molecule has 0 bridgehead atoms. The van der Waals surface area contributed by atoms with Crippen LogP contribution in [0.4, 0.5) is 0 Å². The average molecular weight is 558 g/mol. The van der Waals surface area contributed by atoms with E-state index < -0.39 is 60.4 Å². The molecule has 0 aromatic carbocycles. The van der Waals surface area contributed by atoms with Crippen LogP contribution in [0.1, 0.15) is 112 Å². The lowest BCUT2D eigenvalue weighted by atomic mass is 9.95. The van der Waals surface area contributed by atoms with Gasteiger partial charge in [0.05, 0.1) is 0 Å². The van der Waals surface area contributed by atoms with Gasteiger partial charge in [-0.1, -0.05) is 53.4 Å². The molecule has 11 nitrogen and oxygen atoms in total. The Hall–Kier alpha value is -2.69. The number of rotatable bonds is 18. The van der Waals surface area contributed by atoms with Gasteiger partial charge in [0.1, 0.15) is 18.8 Å². The molecule has 0 aliphatic carbocycles. The Labute approximate surface area is 232 Å². The van der Waals surface area contributed by atoms with Crippen LogP contribution in [-0.4, -0.2) is 67.0 Å². The molecule has 1 heterocycles. The van der Waals surface area contributed by atoms with Crippen molar-refractivity contribution < 1.29 is 47.7 Å². The van der Waals surface area contributed by atoms with Crippen LogP contribution < -0.4 is 5.32 Å². The van der Waals surface area contributed by atoms with Gasteiger partial charge in [-0.3, -0.25) is 24.0 Å². The highest BCUT2D eigenvalue weighted by Gasteiger charge is 2.52. The number of amides is 1. The molecule has 0 radical (unpaired) electrons. The van der Waals surface area contributed by atoms with Gasteiger partial charge in [0.15, 0.2) is 12.2 Å². The predicted octanol–water partition coefficient (Wildman–Crippen LogP) is 3.89. The molecule has 0 aromatic rings. The maximum Gasteiger partial charge on any atom is 0.308 e. The number of carbonyl (C=O) groups excluding carboxylic acids is 5. The van der Waals surface area contributed by atoms with E-state index in [2.05, 4.69) is 5.32 Å². The topological polar surface area (TPSA) is 144 Å². The van der Waals surface area contributed by atoms with Crippen LogP contribution in [0.5, 0.6) is 0 Å². The van der Waals surface area contributed by atoms with Crippen molar-refractivity contribution in [3.63, 3.8) is 0 Å². The summed E-state index contributed by atoms with van der Waals surface area (Å²) in [5.41, 5.74) is 0. The molecule has 0 unspecified atom stereocenters. The zero-order chi connectivity index (χ0) is 29.2. The number of nitrogens with one attached hydrogen (secondary N) is 1. The quantitative estimate of drug-likeness (QED) is 0.195. The third kappa shape index (κ3) is 13.3. The Bertz CT molecular complexity index is 786. The van der Waals surface area contributed by atoms with Crippen LogP contribution >= 0.6 is 0 Å². The third-order valence-corrected chi connectivity index (χ3v) is 6.15. The summed E-state index contributed by atoms with van der Waals surface area (Å²) in [4.78, 5) is 62.4. The van der Waals surface area contributed by atoms with E-state index in [1.807, 2.05) is 27.7 Å². The van der Waals surface area contributed by atoms with Gasteiger partial charge >= 0.3 is 23.9 Å². The number of ether oxygens (including phenoxy) is 5. The first-order valence-corrected chi connectivity index (χ1v) is 14.3. The number of carbonyl (C=O) groups is 5.